The molecule has 0 aromatic heterocycles. The van der Waals surface area contributed by atoms with E-state index in [1.807, 2.05) is 6.92 Å². The van der Waals surface area contributed by atoms with E-state index in [9.17, 15) is 26.2 Å². The molecule has 2 N–H and O–H groups in total. The van der Waals surface area contributed by atoms with Gasteiger partial charge in [-0.15, -0.1) is 0 Å². The van der Waals surface area contributed by atoms with Crippen molar-refractivity contribution in [1.29, 1.82) is 0 Å². The molecule has 0 spiro atoms. The number of hydrogen-bond donors (Lipinski definition) is 2. The van der Waals surface area contributed by atoms with Crippen molar-refractivity contribution in [1.82, 2.24) is 0 Å². The first-order valence-electron chi connectivity index (χ1n) is 9.86. The van der Waals surface area contributed by atoms with Gasteiger partial charge < -0.3 is 9.64 Å². The number of ether oxygens (including phenoxy) is 1. The summed E-state index contributed by atoms with van der Waals surface area (Å²) >= 11 is 0. The van der Waals surface area contributed by atoms with Gasteiger partial charge in [0, 0.05) is 6.54 Å². The minimum absolute atomic E-state index is 0.264. The molecule has 11 nitrogen and oxygen atoms in total. The van der Waals surface area contributed by atoms with E-state index in [-0.39, 0.29) is 15.4 Å². The Labute approximate surface area is 195 Å². The molecule has 0 bridgehead atoms. The summed E-state index contributed by atoms with van der Waals surface area (Å²) in [5, 5.41) is 5.32. The number of carbonyl (C=O) groups is 1. The number of anilines is 2. The fraction of sp³-hybridized carbons (Fsp3) is 0.143. The third-order valence-corrected chi connectivity index (χ3v) is 6.87. The summed E-state index contributed by atoms with van der Waals surface area (Å²) in [6, 6.07) is 8.98. The molecule has 0 unspecified atom stereocenters. The Morgan fingerprint density at radius 2 is 1.59 bits per heavy atom. The van der Waals surface area contributed by atoms with Crippen LogP contribution in [-0.2, 0) is 25.0 Å². The summed E-state index contributed by atoms with van der Waals surface area (Å²) in [4.78, 5) is 14.0. The van der Waals surface area contributed by atoms with Crippen molar-refractivity contribution in [3.8, 4) is 5.75 Å². The van der Waals surface area contributed by atoms with Crippen LogP contribution in [0.3, 0.4) is 0 Å². The fourth-order valence-electron chi connectivity index (χ4n) is 3.49. The third-order valence-electron chi connectivity index (χ3n) is 5.15. The summed E-state index contributed by atoms with van der Waals surface area (Å²) in [5.41, 5.74) is 1.43. The number of hydrogen-bond acceptors (Lipinski definition) is 8. The van der Waals surface area contributed by atoms with Crippen LogP contribution in [0.5, 0.6) is 5.75 Å². The lowest BCUT2D eigenvalue weighted by atomic mass is 10.1. The molecule has 0 saturated heterocycles. The predicted molar refractivity (Wildman–Crippen MR) is 123 cm³/mol. The molecule has 0 atom stereocenters. The molecule has 2 aromatic rings. The number of nitrogens with zero attached hydrogens (tertiary/aromatic N) is 3. The first-order valence-corrected chi connectivity index (χ1v) is 12.7. The maximum absolute atomic E-state index is 12.9. The molecule has 1 amide bonds. The van der Waals surface area contributed by atoms with Gasteiger partial charge in [-0.3, -0.25) is 13.9 Å². The fourth-order valence-corrected chi connectivity index (χ4v) is 4.47. The first-order chi connectivity index (χ1) is 15.9. The van der Waals surface area contributed by atoms with Gasteiger partial charge in [0.2, 0.25) is 5.88 Å². The van der Waals surface area contributed by atoms with Crippen LogP contribution in [0.2, 0.25) is 0 Å². The average molecular weight is 506 g/mol. The Morgan fingerprint density at radius 1 is 0.971 bits per heavy atom. The van der Waals surface area contributed by atoms with Crippen molar-refractivity contribution in [2.75, 3.05) is 16.5 Å². The molecule has 34 heavy (non-hydrogen) atoms. The quantitative estimate of drug-likeness (QED) is 0.461. The van der Waals surface area contributed by atoms with Crippen molar-refractivity contribution < 1.29 is 35.5 Å². The van der Waals surface area contributed by atoms with Gasteiger partial charge in [-0.05, 0) is 68.5 Å². The molecule has 4 rings (SSSR count). The summed E-state index contributed by atoms with van der Waals surface area (Å²) in [6.07, 6.45) is 3.06. The predicted octanol–water partition coefficient (Wildman–Crippen LogP) is 2.59. The second kappa shape index (κ2) is 8.36. The molecule has 2 aromatic carbocycles. The molecular weight excluding hydrogens is 486 g/mol. The highest BCUT2D eigenvalue weighted by Gasteiger charge is 2.30. The van der Waals surface area contributed by atoms with E-state index in [0.717, 1.165) is 17.1 Å². The Kier molecular flexibility index (Phi) is 5.81. The van der Waals surface area contributed by atoms with E-state index in [0.29, 0.717) is 35.3 Å². The van der Waals surface area contributed by atoms with Crippen LogP contribution < -0.4 is 14.6 Å². The molecule has 178 valence electrons. The summed E-state index contributed by atoms with van der Waals surface area (Å²) in [5.74, 6) is 0.276. The zero-order valence-corrected chi connectivity index (χ0v) is 19.5. The molecular formula is C21H19N3O8S2. The van der Waals surface area contributed by atoms with Crippen LogP contribution in [0.15, 0.2) is 81.0 Å². The van der Waals surface area contributed by atoms with Crippen molar-refractivity contribution in [2.24, 2.45) is 5.10 Å². The average Bonchev–Trinajstić information content (AvgIpc) is 3.26. The summed E-state index contributed by atoms with van der Waals surface area (Å²) in [6.45, 7) is 3.88. The summed E-state index contributed by atoms with van der Waals surface area (Å²) in [7, 11) is -8.75. The number of hydrazone groups is 1. The lowest BCUT2D eigenvalue weighted by Gasteiger charge is -2.15. The highest BCUT2D eigenvalue weighted by Crippen LogP contribution is 2.40. The van der Waals surface area contributed by atoms with Crippen molar-refractivity contribution in [3.05, 3.63) is 66.1 Å². The van der Waals surface area contributed by atoms with Gasteiger partial charge in [-0.2, -0.15) is 26.9 Å². The molecule has 2 aliphatic rings. The van der Waals surface area contributed by atoms with Gasteiger partial charge in [0.1, 0.15) is 0 Å². The lowest BCUT2D eigenvalue weighted by molar-refractivity contribution is -0.114. The van der Waals surface area contributed by atoms with Crippen LogP contribution in [0.25, 0.3) is 0 Å². The number of fused-ring (bicyclic) bond motifs is 1. The molecule has 0 saturated carbocycles. The second-order valence-electron chi connectivity index (χ2n) is 7.31. The van der Waals surface area contributed by atoms with Crippen molar-refractivity contribution >= 4 is 43.2 Å². The van der Waals surface area contributed by atoms with Gasteiger partial charge >= 0.3 is 0 Å². The van der Waals surface area contributed by atoms with Crippen LogP contribution >= 0.6 is 0 Å². The molecule has 0 radical (unpaired) electrons. The van der Waals surface area contributed by atoms with E-state index >= 15 is 0 Å². The number of rotatable bonds is 5. The highest BCUT2D eigenvalue weighted by molar-refractivity contribution is 7.86. The van der Waals surface area contributed by atoms with E-state index in [2.05, 4.69) is 5.10 Å². The number of benzene rings is 2. The molecule has 0 aliphatic carbocycles. The lowest BCUT2D eigenvalue weighted by Crippen LogP contribution is -2.22. The van der Waals surface area contributed by atoms with E-state index < -0.39 is 26.1 Å². The zero-order chi connectivity index (χ0) is 24.8. The Balaban J connectivity index is 1.61. The maximum atomic E-state index is 12.9. The maximum Gasteiger partial charge on any atom is 0.294 e. The smallest absolute Gasteiger partial charge is 0.294 e. The van der Waals surface area contributed by atoms with E-state index in [1.54, 1.807) is 17.9 Å². The second-order valence-corrected chi connectivity index (χ2v) is 10.2. The van der Waals surface area contributed by atoms with Crippen LogP contribution in [-0.4, -0.2) is 44.1 Å². The molecule has 2 heterocycles. The normalized spacial score (nSPS) is 18.5. The van der Waals surface area contributed by atoms with E-state index in [1.165, 1.54) is 36.4 Å². The van der Waals surface area contributed by atoms with Gasteiger partial charge in [0.15, 0.2) is 5.75 Å². The van der Waals surface area contributed by atoms with Gasteiger partial charge in [0.25, 0.3) is 26.1 Å². The SMILES string of the molecule is CCN1/C(=C\C=C2\C(=O)N(c3ccc(S(=O)(=O)O)cc3)N=C2C)Oc2ccc(S(=O)(=O)O)cc21. The number of carbonyl (C=O) groups excluding carboxylic acids is 1. The number of allylic oxidation sites excluding steroid dienone is 2. The highest BCUT2D eigenvalue weighted by atomic mass is 32.2. The number of amides is 1. The minimum atomic E-state index is -4.38. The van der Waals surface area contributed by atoms with Gasteiger partial charge in [0.05, 0.1) is 32.5 Å². The van der Waals surface area contributed by atoms with Crippen LogP contribution in [0.1, 0.15) is 13.8 Å². The van der Waals surface area contributed by atoms with Crippen LogP contribution in [0.4, 0.5) is 11.4 Å². The Hall–Kier alpha value is -3.52. The van der Waals surface area contributed by atoms with E-state index in [4.69, 9.17) is 9.29 Å². The molecule has 13 heteroatoms. The Morgan fingerprint density at radius 3 is 2.18 bits per heavy atom. The molecule has 2 aliphatic heterocycles. The summed E-state index contributed by atoms with van der Waals surface area (Å²) < 4.78 is 69.6. The van der Waals surface area contributed by atoms with Crippen LogP contribution in [0, 0.1) is 0 Å². The first kappa shape index (κ1) is 23.6. The minimum Gasteiger partial charge on any atom is -0.439 e. The largest absolute Gasteiger partial charge is 0.439 e. The molecule has 0 fully saturated rings. The Bertz CT molecular complexity index is 1490. The van der Waals surface area contributed by atoms with Gasteiger partial charge in [-0.25, -0.2) is 0 Å². The van der Waals surface area contributed by atoms with Gasteiger partial charge in [-0.1, -0.05) is 0 Å². The van der Waals surface area contributed by atoms with Crippen molar-refractivity contribution in [3.63, 3.8) is 0 Å². The standard InChI is InChI=1S/C21H19N3O8S2/c1-3-23-18-12-16(34(29,30)31)8-10-19(18)32-20(23)11-9-17-13(2)22-24(21(17)25)14-4-6-15(7-5-14)33(26,27)28/h4-12H,3H2,1-2H3,(H,26,27,28)(H,29,30,31)/b17-9+,20-11+. The van der Waals surface area contributed by atoms with Crippen molar-refractivity contribution in [2.45, 2.75) is 23.6 Å². The topological polar surface area (TPSA) is 154 Å². The monoisotopic (exact) mass is 505 g/mol. The third kappa shape index (κ3) is 4.33. The zero-order valence-electron chi connectivity index (χ0n) is 17.9.